The number of carbonyl (C=O) groups is 1. The van der Waals surface area contributed by atoms with Crippen molar-refractivity contribution in [1.29, 1.82) is 0 Å². The Balaban J connectivity index is 1.99. The highest BCUT2D eigenvalue weighted by Gasteiger charge is 2.20. The van der Waals surface area contributed by atoms with E-state index in [9.17, 15) is 4.79 Å². The fourth-order valence-electron chi connectivity index (χ4n) is 1.64. The number of amides is 1. The Morgan fingerprint density at radius 1 is 1.44 bits per heavy atom. The highest BCUT2D eigenvalue weighted by Crippen LogP contribution is 2.28. The number of primary amides is 1. The summed E-state index contributed by atoms with van der Waals surface area (Å²) in [7, 11) is 1.57. The van der Waals surface area contributed by atoms with Crippen molar-refractivity contribution >= 4 is 5.91 Å². The van der Waals surface area contributed by atoms with Crippen molar-refractivity contribution in [3.63, 3.8) is 0 Å². The van der Waals surface area contributed by atoms with Gasteiger partial charge in [0, 0.05) is 12.6 Å². The van der Waals surface area contributed by atoms with Gasteiger partial charge in [0.25, 0.3) is 5.91 Å². The average Bonchev–Trinajstić information content (AvgIpc) is 3.18. The Morgan fingerprint density at radius 2 is 2.22 bits per heavy atom. The summed E-state index contributed by atoms with van der Waals surface area (Å²) in [5.74, 6) is 0.648. The third-order valence-corrected chi connectivity index (χ3v) is 2.77. The van der Waals surface area contributed by atoms with Crippen molar-refractivity contribution in [3.05, 3.63) is 23.8 Å². The number of nitrogens with one attached hydrogen (secondary N) is 1. The van der Waals surface area contributed by atoms with Gasteiger partial charge in [0.15, 0.2) is 18.1 Å². The van der Waals surface area contributed by atoms with Crippen molar-refractivity contribution in [2.75, 3.05) is 13.7 Å². The minimum absolute atomic E-state index is 0.143. The second kappa shape index (κ2) is 5.73. The molecule has 1 fully saturated rings. The standard InChI is InChI=1S/C13H18N2O3/c1-17-12-6-9(7-15-10-3-4-10)2-5-11(12)18-8-13(14)16/h2,5-6,10,15H,3-4,7-8H2,1H3,(H2,14,16). The Bertz CT molecular complexity index is 430. The molecule has 1 amide bonds. The highest BCUT2D eigenvalue weighted by molar-refractivity contribution is 5.75. The van der Waals surface area contributed by atoms with E-state index < -0.39 is 5.91 Å². The summed E-state index contributed by atoms with van der Waals surface area (Å²) in [5.41, 5.74) is 6.16. The maximum absolute atomic E-state index is 10.7. The van der Waals surface area contributed by atoms with E-state index >= 15 is 0 Å². The average molecular weight is 250 g/mol. The highest BCUT2D eigenvalue weighted by atomic mass is 16.5. The van der Waals surface area contributed by atoms with Gasteiger partial charge in [0.2, 0.25) is 0 Å². The van der Waals surface area contributed by atoms with Crippen molar-refractivity contribution in [2.45, 2.75) is 25.4 Å². The molecule has 0 aromatic heterocycles. The first-order valence-electron chi connectivity index (χ1n) is 6.00. The van der Waals surface area contributed by atoms with Crippen LogP contribution < -0.4 is 20.5 Å². The largest absolute Gasteiger partial charge is 0.493 e. The van der Waals surface area contributed by atoms with Gasteiger partial charge in [-0.1, -0.05) is 6.07 Å². The maximum Gasteiger partial charge on any atom is 0.255 e. The molecule has 5 heteroatoms. The maximum atomic E-state index is 10.7. The molecule has 1 aliphatic carbocycles. The lowest BCUT2D eigenvalue weighted by molar-refractivity contribution is -0.119. The molecule has 0 unspecified atom stereocenters. The van der Waals surface area contributed by atoms with E-state index in [1.807, 2.05) is 12.1 Å². The molecule has 5 nitrogen and oxygen atoms in total. The van der Waals surface area contributed by atoms with Crippen LogP contribution in [-0.2, 0) is 11.3 Å². The van der Waals surface area contributed by atoms with Crippen LogP contribution in [0.3, 0.4) is 0 Å². The first-order valence-corrected chi connectivity index (χ1v) is 6.00. The molecule has 0 radical (unpaired) electrons. The molecule has 18 heavy (non-hydrogen) atoms. The molecule has 0 aliphatic heterocycles. The molecule has 0 atom stereocenters. The smallest absolute Gasteiger partial charge is 0.255 e. The lowest BCUT2D eigenvalue weighted by Gasteiger charge is -2.11. The Kier molecular flexibility index (Phi) is 4.04. The summed E-state index contributed by atoms with van der Waals surface area (Å²) in [5, 5.41) is 3.42. The molecule has 0 bridgehead atoms. The third kappa shape index (κ3) is 3.63. The molecule has 0 heterocycles. The molecular formula is C13H18N2O3. The summed E-state index contributed by atoms with van der Waals surface area (Å²) in [4.78, 5) is 10.7. The molecule has 1 aromatic rings. The Morgan fingerprint density at radius 3 is 2.83 bits per heavy atom. The number of carbonyl (C=O) groups excluding carboxylic acids is 1. The molecule has 98 valence electrons. The fourth-order valence-corrected chi connectivity index (χ4v) is 1.64. The van der Waals surface area contributed by atoms with Crippen molar-refractivity contribution in [3.8, 4) is 11.5 Å². The van der Waals surface area contributed by atoms with E-state index in [2.05, 4.69) is 5.32 Å². The predicted molar refractivity (Wildman–Crippen MR) is 67.5 cm³/mol. The monoisotopic (exact) mass is 250 g/mol. The zero-order chi connectivity index (χ0) is 13.0. The van der Waals surface area contributed by atoms with Crippen molar-refractivity contribution in [2.24, 2.45) is 5.73 Å². The van der Waals surface area contributed by atoms with Gasteiger partial charge < -0.3 is 20.5 Å². The van der Waals surface area contributed by atoms with E-state index in [0.717, 1.165) is 12.1 Å². The van der Waals surface area contributed by atoms with Crippen LogP contribution in [-0.4, -0.2) is 25.7 Å². The van der Waals surface area contributed by atoms with E-state index in [1.54, 1.807) is 13.2 Å². The van der Waals surface area contributed by atoms with Crippen LogP contribution >= 0.6 is 0 Å². The summed E-state index contributed by atoms with van der Waals surface area (Å²) < 4.78 is 10.5. The van der Waals surface area contributed by atoms with Crippen LogP contribution in [0.15, 0.2) is 18.2 Å². The Hall–Kier alpha value is -1.75. The second-order valence-corrected chi connectivity index (χ2v) is 4.40. The minimum Gasteiger partial charge on any atom is -0.493 e. The summed E-state index contributed by atoms with van der Waals surface area (Å²) in [6, 6.07) is 6.33. The van der Waals surface area contributed by atoms with Crippen LogP contribution in [0.4, 0.5) is 0 Å². The predicted octanol–water partition coefficient (Wildman–Crippen LogP) is 0.811. The van der Waals surface area contributed by atoms with Gasteiger partial charge in [-0.2, -0.15) is 0 Å². The number of rotatable bonds is 7. The molecule has 1 aliphatic rings. The lowest BCUT2D eigenvalue weighted by Crippen LogP contribution is -2.20. The number of methoxy groups -OCH3 is 1. The van der Waals surface area contributed by atoms with Crippen molar-refractivity contribution in [1.82, 2.24) is 5.32 Å². The molecule has 1 saturated carbocycles. The topological polar surface area (TPSA) is 73.6 Å². The summed E-state index contributed by atoms with van der Waals surface area (Å²) in [6.07, 6.45) is 2.52. The molecule has 2 rings (SSSR count). The van der Waals surface area contributed by atoms with Crippen LogP contribution in [0, 0.1) is 0 Å². The van der Waals surface area contributed by atoms with Gasteiger partial charge in [0.1, 0.15) is 0 Å². The number of benzene rings is 1. The van der Waals surface area contributed by atoms with Gasteiger partial charge in [-0.15, -0.1) is 0 Å². The van der Waals surface area contributed by atoms with E-state index in [0.29, 0.717) is 17.5 Å². The van der Waals surface area contributed by atoms with Crippen LogP contribution in [0.25, 0.3) is 0 Å². The van der Waals surface area contributed by atoms with E-state index in [-0.39, 0.29) is 6.61 Å². The van der Waals surface area contributed by atoms with Gasteiger partial charge in [0.05, 0.1) is 7.11 Å². The quantitative estimate of drug-likeness (QED) is 0.751. The SMILES string of the molecule is COc1cc(CNC2CC2)ccc1OCC(N)=O. The minimum atomic E-state index is -0.503. The van der Waals surface area contributed by atoms with E-state index in [1.165, 1.54) is 12.8 Å². The van der Waals surface area contributed by atoms with Gasteiger partial charge in [-0.3, -0.25) is 4.79 Å². The third-order valence-electron chi connectivity index (χ3n) is 2.77. The number of ether oxygens (including phenoxy) is 2. The summed E-state index contributed by atoms with van der Waals surface area (Å²) in [6.45, 7) is 0.674. The van der Waals surface area contributed by atoms with Gasteiger partial charge in [-0.05, 0) is 30.5 Å². The molecular weight excluding hydrogens is 232 g/mol. The lowest BCUT2D eigenvalue weighted by atomic mass is 10.2. The Labute approximate surface area is 106 Å². The van der Waals surface area contributed by atoms with Crippen LogP contribution in [0.5, 0.6) is 11.5 Å². The molecule has 1 aromatic carbocycles. The molecule has 0 spiro atoms. The normalized spacial score (nSPS) is 14.3. The zero-order valence-corrected chi connectivity index (χ0v) is 10.4. The fraction of sp³-hybridized carbons (Fsp3) is 0.462. The zero-order valence-electron chi connectivity index (χ0n) is 10.4. The first kappa shape index (κ1) is 12.7. The second-order valence-electron chi connectivity index (χ2n) is 4.40. The molecule has 0 saturated heterocycles. The van der Waals surface area contributed by atoms with E-state index in [4.69, 9.17) is 15.2 Å². The number of hydrogen-bond donors (Lipinski definition) is 2. The molecule has 3 N–H and O–H groups in total. The summed E-state index contributed by atoms with van der Waals surface area (Å²) >= 11 is 0. The van der Waals surface area contributed by atoms with Crippen molar-refractivity contribution < 1.29 is 14.3 Å². The first-order chi connectivity index (χ1) is 8.69. The number of hydrogen-bond acceptors (Lipinski definition) is 4. The van der Waals surface area contributed by atoms with Crippen LogP contribution in [0.1, 0.15) is 18.4 Å². The van der Waals surface area contributed by atoms with Crippen LogP contribution in [0.2, 0.25) is 0 Å². The van der Waals surface area contributed by atoms with Gasteiger partial charge >= 0.3 is 0 Å². The van der Waals surface area contributed by atoms with Gasteiger partial charge in [-0.25, -0.2) is 0 Å². The number of nitrogens with two attached hydrogens (primary N) is 1.